The van der Waals surface area contributed by atoms with Gasteiger partial charge in [0.15, 0.2) is 11.6 Å². The minimum atomic E-state index is -0.784. The van der Waals surface area contributed by atoms with Crippen LogP contribution in [0.1, 0.15) is 20.8 Å². The third-order valence-corrected chi connectivity index (χ3v) is 4.57. The molecule has 0 unspecified atom stereocenters. The molecule has 0 radical (unpaired) electrons. The molecule has 8 heteroatoms. The first-order valence-electron chi connectivity index (χ1n) is 8.18. The number of ether oxygens (including phenoxy) is 2. The molecule has 1 N–H and O–H groups in total. The Labute approximate surface area is 164 Å². The molecule has 0 aliphatic heterocycles. The van der Waals surface area contributed by atoms with Gasteiger partial charge in [-0.2, -0.15) is 5.10 Å². The number of carbonyl (C=O) groups is 1. The van der Waals surface area contributed by atoms with Crippen LogP contribution < -0.4 is 14.9 Å². The highest BCUT2D eigenvalue weighted by molar-refractivity contribution is 7.12. The van der Waals surface area contributed by atoms with Gasteiger partial charge in [0, 0.05) is 11.6 Å². The van der Waals surface area contributed by atoms with Crippen LogP contribution in [0.3, 0.4) is 0 Å². The Kier molecular flexibility index (Phi) is 6.33. The van der Waals surface area contributed by atoms with Crippen molar-refractivity contribution in [1.29, 1.82) is 0 Å². The van der Waals surface area contributed by atoms with Crippen LogP contribution in [0.25, 0.3) is 0 Å². The van der Waals surface area contributed by atoms with Gasteiger partial charge in [-0.3, -0.25) is 4.79 Å². The van der Waals surface area contributed by atoms with Gasteiger partial charge in [-0.1, -0.05) is 6.07 Å². The van der Waals surface area contributed by atoms with Crippen molar-refractivity contribution in [3.63, 3.8) is 0 Å². The molecule has 28 heavy (non-hydrogen) atoms. The van der Waals surface area contributed by atoms with Gasteiger partial charge in [-0.25, -0.2) is 14.2 Å². The molecule has 1 heterocycles. The fraction of sp³-hybridized carbons (Fsp3) is 0.100. The van der Waals surface area contributed by atoms with Crippen molar-refractivity contribution in [1.82, 2.24) is 5.43 Å². The van der Waals surface area contributed by atoms with Crippen LogP contribution in [-0.4, -0.2) is 19.2 Å². The van der Waals surface area contributed by atoms with Crippen LogP contribution in [0.2, 0.25) is 0 Å². The molecule has 5 nitrogen and oxygen atoms in total. The van der Waals surface area contributed by atoms with Gasteiger partial charge < -0.3 is 9.47 Å². The van der Waals surface area contributed by atoms with E-state index in [-0.39, 0.29) is 18.3 Å². The molecule has 0 fully saturated rings. The van der Waals surface area contributed by atoms with Gasteiger partial charge in [-0.15, -0.1) is 11.3 Å². The van der Waals surface area contributed by atoms with Crippen LogP contribution in [-0.2, 0) is 6.61 Å². The number of hydrogen-bond acceptors (Lipinski definition) is 5. The molecular weight excluding hydrogens is 386 g/mol. The maximum absolute atomic E-state index is 13.7. The average molecular weight is 402 g/mol. The number of nitrogens with one attached hydrogen (secondary N) is 1. The van der Waals surface area contributed by atoms with Crippen molar-refractivity contribution in [3.05, 3.63) is 81.5 Å². The Morgan fingerprint density at radius 1 is 1.18 bits per heavy atom. The second kappa shape index (κ2) is 9.09. The van der Waals surface area contributed by atoms with E-state index in [2.05, 4.69) is 10.5 Å². The first-order valence-corrected chi connectivity index (χ1v) is 9.06. The number of amides is 1. The first kappa shape index (κ1) is 19.5. The number of halogens is 2. The number of benzene rings is 2. The Balaban J connectivity index is 1.69. The summed E-state index contributed by atoms with van der Waals surface area (Å²) in [4.78, 5) is 12.4. The maximum Gasteiger partial charge on any atom is 0.281 e. The predicted octanol–water partition coefficient (Wildman–Crippen LogP) is 4.38. The van der Waals surface area contributed by atoms with E-state index in [1.807, 2.05) is 0 Å². The van der Waals surface area contributed by atoms with E-state index in [1.54, 1.807) is 35.7 Å². The maximum atomic E-state index is 13.7. The number of hydrogen-bond donors (Lipinski definition) is 1. The molecule has 0 bridgehead atoms. The summed E-state index contributed by atoms with van der Waals surface area (Å²) < 4.78 is 37.4. The summed E-state index contributed by atoms with van der Waals surface area (Å²) in [6, 6.07) is 11.8. The van der Waals surface area contributed by atoms with Gasteiger partial charge in [-0.05, 0) is 47.3 Å². The number of hydrazone groups is 1. The number of thiophene rings is 1. The van der Waals surface area contributed by atoms with Gasteiger partial charge in [0.05, 0.1) is 18.2 Å². The summed E-state index contributed by atoms with van der Waals surface area (Å²) in [5.74, 6) is -1.28. The molecule has 3 aromatic rings. The minimum Gasteiger partial charge on any atom is -0.496 e. The van der Waals surface area contributed by atoms with Crippen molar-refractivity contribution in [2.24, 2.45) is 5.10 Å². The standard InChI is InChI=1S/C20H16F2N2O3S/c1-26-17-6-4-13(11-23-24-20(25)19-3-2-8-28-19)9-14(17)12-27-18-7-5-15(21)10-16(18)22/h2-11H,12H2,1H3,(H,24,25)/b23-11-. The van der Waals surface area contributed by atoms with E-state index in [0.717, 1.165) is 12.1 Å². The van der Waals surface area contributed by atoms with Crippen LogP contribution >= 0.6 is 11.3 Å². The lowest BCUT2D eigenvalue weighted by molar-refractivity contribution is 0.0959. The molecule has 144 valence electrons. The topological polar surface area (TPSA) is 59.9 Å². The lowest BCUT2D eigenvalue weighted by Gasteiger charge is -2.11. The fourth-order valence-corrected chi connectivity index (χ4v) is 2.98. The normalized spacial score (nSPS) is 10.8. The highest BCUT2D eigenvalue weighted by Gasteiger charge is 2.09. The van der Waals surface area contributed by atoms with Gasteiger partial charge in [0.1, 0.15) is 18.2 Å². The highest BCUT2D eigenvalue weighted by Crippen LogP contribution is 2.23. The monoisotopic (exact) mass is 402 g/mol. The third kappa shape index (κ3) is 4.92. The molecule has 0 saturated carbocycles. The van der Waals surface area contributed by atoms with Crippen LogP contribution in [0, 0.1) is 11.6 Å². The summed E-state index contributed by atoms with van der Waals surface area (Å²) in [5, 5.41) is 5.74. The zero-order valence-electron chi connectivity index (χ0n) is 14.8. The zero-order chi connectivity index (χ0) is 19.9. The smallest absolute Gasteiger partial charge is 0.281 e. The summed E-state index contributed by atoms with van der Waals surface area (Å²) in [5.41, 5.74) is 3.77. The number of nitrogens with zero attached hydrogens (tertiary/aromatic N) is 1. The van der Waals surface area contributed by atoms with E-state index >= 15 is 0 Å². The van der Waals surface area contributed by atoms with Crippen LogP contribution in [0.4, 0.5) is 8.78 Å². The number of carbonyl (C=O) groups excluding carboxylic acids is 1. The molecular formula is C20H16F2N2O3S. The zero-order valence-corrected chi connectivity index (χ0v) is 15.6. The molecule has 3 rings (SSSR count). The van der Waals surface area contributed by atoms with Crippen LogP contribution in [0.5, 0.6) is 11.5 Å². The van der Waals surface area contributed by atoms with Gasteiger partial charge in [0.25, 0.3) is 5.91 Å². The van der Waals surface area contributed by atoms with Crippen molar-refractivity contribution < 1.29 is 23.0 Å². The highest BCUT2D eigenvalue weighted by atomic mass is 32.1. The summed E-state index contributed by atoms with van der Waals surface area (Å²) in [6.45, 7) is 0.00889. The van der Waals surface area contributed by atoms with Crippen molar-refractivity contribution in [2.45, 2.75) is 6.61 Å². The van der Waals surface area contributed by atoms with Crippen molar-refractivity contribution >= 4 is 23.5 Å². The number of methoxy groups -OCH3 is 1. The lowest BCUT2D eigenvalue weighted by atomic mass is 10.1. The van der Waals surface area contributed by atoms with Crippen molar-refractivity contribution in [2.75, 3.05) is 7.11 Å². The average Bonchev–Trinajstić information content (AvgIpc) is 3.22. The summed E-state index contributed by atoms with van der Waals surface area (Å²) in [6.07, 6.45) is 1.48. The van der Waals surface area contributed by atoms with E-state index in [4.69, 9.17) is 9.47 Å². The van der Waals surface area contributed by atoms with E-state index < -0.39 is 11.6 Å². The quantitative estimate of drug-likeness (QED) is 0.471. The first-order chi connectivity index (χ1) is 13.6. The predicted molar refractivity (Wildman–Crippen MR) is 103 cm³/mol. The molecule has 2 aromatic carbocycles. The lowest BCUT2D eigenvalue weighted by Crippen LogP contribution is -2.16. The SMILES string of the molecule is COc1ccc(/C=N\NC(=O)c2cccs2)cc1COc1ccc(F)cc1F. The molecule has 0 spiro atoms. The van der Waals surface area contributed by atoms with Gasteiger partial charge >= 0.3 is 0 Å². The Bertz CT molecular complexity index is 991. The Hall–Kier alpha value is -3.26. The number of rotatable bonds is 7. The van der Waals surface area contributed by atoms with Crippen LogP contribution in [0.15, 0.2) is 59.0 Å². The van der Waals surface area contributed by atoms with E-state index in [1.165, 1.54) is 30.7 Å². The molecule has 0 atom stereocenters. The molecule has 1 aromatic heterocycles. The Morgan fingerprint density at radius 3 is 2.71 bits per heavy atom. The summed E-state index contributed by atoms with van der Waals surface area (Å²) >= 11 is 1.32. The van der Waals surface area contributed by atoms with Crippen molar-refractivity contribution in [3.8, 4) is 11.5 Å². The van der Waals surface area contributed by atoms with Gasteiger partial charge in [0.2, 0.25) is 0 Å². The second-order valence-electron chi connectivity index (χ2n) is 5.61. The largest absolute Gasteiger partial charge is 0.496 e. The molecule has 0 saturated heterocycles. The Morgan fingerprint density at radius 2 is 2.00 bits per heavy atom. The minimum absolute atomic E-state index is 0.00889. The third-order valence-electron chi connectivity index (χ3n) is 3.71. The summed E-state index contributed by atoms with van der Waals surface area (Å²) in [7, 11) is 1.51. The fourth-order valence-electron chi connectivity index (χ4n) is 2.37. The molecule has 1 amide bonds. The second-order valence-corrected chi connectivity index (χ2v) is 6.56. The van der Waals surface area contributed by atoms with E-state index in [9.17, 15) is 13.6 Å². The molecule has 0 aliphatic carbocycles. The van der Waals surface area contributed by atoms with E-state index in [0.29, 0.717) is 21.8 Å². The molecule has 0 aliphatic rings.